The molecular formula is C11H17F3N2O4. The predicted octanol–water partition coefficient (Wildman–Crippen LogP) is 1.21. The molecule has 1 rings (SSSR count). The van der Waals surface area contributed by atoms with Crippen molar-refractivity contribution in [1.29, 1.82) is 0 Å². The van der Waals surface area contributed by atoms with E-state index in [0.29, 0.717) is 4.90 Å². The van der Waals surface area contributed by atoms with Gasteiger partial charge in [0.25, 0.3) is 0 Å². The fourth-order valence-electron chi connectivity index (χ4n) is 1.84. The second-order valence-electron chi connectivity index (χ2n) is 4.96. The molecule has 0 spiro atoms. The van der Waals surface area contributed by atoms with Crippen LogP contribution in [0.5, 0.6) is 0 Å². The minimum Gasteiger partial charge on any atom is -0.479 e. The normalized spacial score (nSPS) is 22.9. The number of ether oxygens (including phenoxy) is 1. The van der Waals surface area contributed by atoms with Crippen molar-refractivity contribution >= 4 is 12.0 Å². The van der Waals surface area contributed by atoms with E-state index in [4.69, 9.17) is 9.84 Å². The summed E-state index contributed by atoms with van der Waals surface area (Å²) in [6.45, 7) is 1.28. The number of hydrogen-bond acceptors (Lipinski definition) is 3. The van der Waals surface area contributed by atoms with Gasteiger partial charge in [-0.15, -0.1) is 0 Å². The SMILES string of the molecule is CC(C)N(CC(F)(F)F)C(=O)NC1(C(=O)O)CCOC1. The average molecular weight is 298 g/mol. The summed E-state index contributed by atoms with van der Waals surface area (Å²) in [5, 5.41) is 11.3. The largest absolute Gasteiger partial charge is 0.479 e. The maximum Gasteiger partial charge on any atom is 0.406 e. The molecule has 0 aliphatic carbocycles. The molecule has 0 radical (unpaired) electrons. The van der Waals surface area contributed by atoms with Gasteiger partial charge in [-0.25, -0.2) is 9.59 Å². The molecule has 6 nitrogen and oxygen atoms in total. The third-order valence-electron chi connectivity index (χ3n) is 3.01. The van der Waals surface area contributed by atoms with E-state index in [1.807, 2.05) is 0 Å². The van der Waals surface area contributed by atoms with Crippen molar-refractivity contribution in [3.05, 3.63) is 0 Å². The zero-order chi connectivity index (χ0) is 15.6. The fourth-order valence-corrected chi connectivity index (χ4v) is 1.84. The highest BCUT2D eigenvalue weighted by Crippen LogP contribution is 2.22. The van der Waals surface area contributed by atoms with Crippen molar-refractivity contribution in [3.63, 3.8) is 0 Å². The Morgan fingerprint density at radius 1 is 1.45 bits per heavy atom. The lowest BCUT2D eigenvalue weighted by molar-refractivity contribution is -0.146. The lowest BCUT2D eigenvalue weighted by Crippen LogP contribution is -2.60. The van der Waals surface area contributed by atoms with Gasteiger partial charge in [0.15, 0.2) is 5.54 Å². The lowest BCUT2D eigenvalue weighted by Gasteiger charge is -2.32. The van der Waals surface area contributed by atoms with Gasteiger partial charge >= 0.3 is 18.2 Å². The fraction of sp³-hybridized carbons (Fsp3) is 0.818. The lowest BCUT2D eigenvalue weighted by atomic mass is 9.99. The average Bonchev–Trinajstić information content (AvgIpc) is 2.74. The Morgan fingerprint density at radius 2 is 2.05 bits per heavy atom. The van der Waals surface area contributed by atoms with Crippen molar-refractivity contribution in [2.24, 2.45) is 0 Å². The summed E-state index contributed by atoms with van der Waals surface area (Å²) < 4.78 is 42.2. The number of carboxylic acid groups (broad SMARTS) is 1. The van der Waals surface area contributed by atoms with Crippen molar-refractivity contribution in [1.82, 2.24) is 10.2 Å². The zero-order valence-corrected chi connectivity index (χ0v) is 11.2. The van der Waals surface area contributed by atoms with E-state index >= 15 is 0 Å². The van der Waals surface area contributed by atoms with Gasteiger partial charge in [0.2, 0.25) is 0 Å². The first-order valence-corrected chi connectivity index (χ1v) is 6.04. The van der Waals surface area contributed by atoms with Crippen molar-refractivity contribution in [2.45, 2.75) is 38.0 Å². The number of halogens is 3. The maximum absolute atomic E-state index is 12.4. The molecule has 2 N–H and O–H groups in total. The molecule has 1 heterocycles. The molecule has 0 aromatic heterocycles. The molecule has 20 heavy (non-hydrogen) atoms. The summed E-state index contributed by atoms with van der Waals surface area (Å²) in [5.74, 6) is -1.32. The Labute approximate surface area is 113 Å². The molecular weight excluding hydrogens is 281 g/mol. The molecule has 1 aliphatic heterocycles. The quantitative estimate of drug-likeness (QED) is 0.818. The van der Waals surface area contributed by atoms with Crippen LogP contribution < -0.4 is 5.32 Å². The number of rotatable bonds is 4. The van der Waals surface area contributed by atoms with Crippen molar-refractivity contribution in [2.75, 3.05) is 19.8 Å². The van der Waals surface area contributed by atoms with Gasteiger partial charge in [-0.05, 0) is 13.8 Å². The Bertz CT molecular complexity index is 378. The number of aliphatic carboxylic acids is 1. The molecule has 1 aliphatic rings. The zero-order valence-electron chi connectivity index (χ0n) is 11.2. The maximum atomic E-state index is 12.4. The minimum absolute atomic E-state index is 0.0199. The van der Waals surface area contributed by atoms with Gasteiger partial charge in [0.05, 0.1) is 6.61 Å². The van der Waals surface area contributed by atoms with E-state index in [1.165, 1.54) is 13.8 Å². The number of carboxylic acids is 1. The molecule has 2 amide bonds. The van der Waals surface area contributed by atoms with Crippen molar-refractivity contribution in [3.8, 4) is 0 Å². The van der Waals surface area contributed by atoms with Gasteiger partial charge in [0, 0.05) is 19.1 Å². The van der Waals surface area contributed by atoms with E-state index < -0.39 is 36.3 Å². The van der Waals surface area contributed by atoms with Crippen LogP contribution in [0.4, 0.5) is 18.0 Å². The predicted molar refractivity (Wildman–Crippen MR) is 62.2 cm³/mol. The molecule has 116 valence electrons. The molecule has 0 aromatic carbocycles. The number of nitrogens with one attached hydrogen (secondary N) is 1. The molecule has 1 atom stereocenters. The molecule has 0 bridgehead atoms. The standard InChI is InChI=1S/C11H17F3N2O4/c1-7(2)16(5-11(12,13)14)9(19)15-10(8(17)18)3-4-20-6-10/h7H,3-6H2,1-2H3,(H,15,19)(H,17,18). The first-order chi connectivity index (χ1) is 9.07. The summed E-state index contributed by atoms with van der Waals surface area (Å²) in [5.41, 5.74) is -1.66. The molecule has 0 aromatic rings. The number of hydrogen-bond donors (Lipinski definition) is 2. The van der Waals surface area contributed by atoms with Crippen LogP contribution in [0.1, 0.15) is 20.3 Å². The Balaban J connectivity index is 2.82. The van der Waals surface area contributed by atoms with E-state index in [0.717, 1.165) is 0 Å². The minimum atomic E-state index is -4.55. The summed E-state index contributed by atoms with van der Waals surface area (Å²) in [4.78, 5) is 23.7. The third kappa shape index (κ3) is 3.99. The van der Waals surface area contributed by atoms with Crippen LogP contribution in [-0.2, 0) is 9.53 Å². The first kappa shape index (κ1) is 16.5. The molecule has 1 saturated heterocycles. The molecule has 1 unspecified atom stereocenters. The molecule has 9 heteroatoms. The Morgan fingerprint density at radius 3 is 2.40 bits per heavy atom. The smallest absolute Gasteiger partial charge is 0.406 e. The van der Waals surface area contributed by atoms with E-state index in [1.54, 1.807) is 0 Å². The van der Waals surface area contributed by atoms with Gasteiger partial charge in [0.1, 0.15) is 6.54 Å². The topological polar surface area (TPSA) is 78.9 Å². The number of nitrogens with zero attached hydrogens (tertiary/aromatic N) is 1. The summed E-state index contributed by atoms with van der Waals surface area (Å²) in [6, 6.07) is -1.78. The Hall–Kier alpha value is -1.51. The van der Waals surface area contributed by atoms with Gasteiger partial charge in [-0.3, -0.25) is 0 Å². The van der Waals surface area contributed by atoms with Crippen LogP contribution in [-0.4, -0.2) is 59.5 Å². The van der Waals surface area contributed by atoms with Gasteiger partial charge in [-0.1, -0.05) is 0 Å². The van der Waals surface area contributed by atoms with Crippen molar-refractivity contribution < 1.29 is 32.6 Å². The number of urea groups is 1. The van der Waals surface area contributed by atoms with Crippen LogP contribution in [0.25, 0.3) is 0 Å². The second kappa shape index (κ2) is 5.86. The van der Waals surface area contributed by atoms with E-state index in [2.05, 4.69) is 5.32 Å². The number of amides is 2. The highest BCUT2D eigenvalue weighted by Gasteiger charge is 2.46. The summed E-state index contributed by atoms with van der Waals surface area (Å²) >= 11 is 0. The summed E-state index contributed by atoms with van der Waals surface area (Å²) in [6.07, 6.45) is -4.53. The first-order valence-electron chi connectivity index (χ1n) is 6.04. The van der Waals surface area contributed by atoms with Crippen LogP contribution in [0.2, 0.25) is 0 Å². The molecule has 1 fully saturated rings. The van der Waals surface area contributed by atoms with Gasteiger partial charge < -0.3 is 20.1 Å². The summed E-state index contributed by atoms with van der Waals surface area (Å²) in [7, 11) is 0. The number of carbonyl (C=O) groups excluding carboxylic acids is 1. The second-order valence-corrected chi connectivity index (χ2v) is 4.96. The van der Waals surface area contributed by atoms with E-state index in [-0.39, 0.29) is 19.6 Å². The number of carbonyl (C=O) groups is 2. The van der Waals surface area contributed by atoms with Crippen LogP contribution in [0.3, 0.4) is 0 Å². The van der Waals surface area contributed by atoms with Crippen LogP contribution in [0, 0.1) is 0 Å². The highest BCUT2D eigenvalue weighted by molar-refractivity contribution is 5.86. The van der Waals surface area contributed by atoms with Crippen LogP contribution in [0.15, 0.2) is 0 Å². The van der Waals surface area contributed by atoms with E-state index in [9.17, 15) is 22.8 Å². The Kier molecular flexibility index (Phi) is 4.85. The third-order valence-corrected chi connectivity index (χ3v) is 3.01. The monoisotopic (exact) mass is 298 g/mol. The molecule has 0 saturated carbocycles. The van der Waals surface area contributed by atoms with Crippen LogP contribution >= 0.6 is 0 Å². The van der Waals surface area contributed by atoms with Gasteiger partial charge in [-0.2, -0.15) is 13.2 Å². The highest BCUT2D eigenvalue weighted by atomic mass is 19.4. The number of alkyl halides is 3.